The summed E-state index contributed by atoms with van der Waals surface area (Å²) >= 11 is 0. The first-order chi connectivity index (χ1) is 15.4. The fourth-order valence-electron chi connectivity index (χ4n) is 3.77. The molecule has 0 spiro atoms. The van der Waals surface area contributed by atoms with Crippen LogP contribution in [0.4, 0.5) is 0 Å². The predicted molar refractivity (Wildman–Crippen MR) is 135 cm³/mol. The molecule has 0 unspecified atom stereocenters. The van der Waals surface area contributed by atoms with Gasteiger partial charge in [-0.2, -0.15) is 0 Å². The minimum atomic E-state index is -1.28. The predicted octanol–water partition coefficient (Wildman–Crippen LogP) is 6.29. The van der Waals surface area contributed by atoms with Crippen LogP contribution >= 0.6 is 8.60 Å². The Hall–Kier alpha value is -0.260. The third-order valence-electron chi connectivity index (χ3n) is 5.92. The third-order valence-corrected chi connectivity index (χ3v) is 7.10. The summed E-state index contributed by atoms with van der Waals surface area (Å²) in [4.78, 5) is 14.4. The maximum atomic E-state index is 12.5. The van der Waals surface area contributed by atoms with Gasteiger partial charge in [0.05, 0.1) is 34.4 Å². The lowest BCUT2D eigenvalue weighted by molar-refractivity contribution is -0.870. The molecule has 190 valence electrons. The Morgan fingerprint density at radius 2 is 1.28 bits per heavy atom. The summed E-state index contributed by atoms with van der Waals surface area (Å²) < 4.78 is 18.0. The first-order valence-electron chi connectivity index (χ1n) is 13.2. The molecule has 0 saturated carbocycles. The summed E-state index contributed by atoms with van der Waals surface area (Å²) in [6.07, 6.45) is 17.9. The van der Waals surface area contributed by atoms with Gasteiger partial charge in [0, 0.05) is 19.5 Å². The van der Waals surface area contributed by atoms with Crippen molar-refractivity contribution >= 4 is 14.5 Å². The highest BCUT2D eigenvalue weighted by atomic mass is 31.2. The number of amides is 1. The number of carbonyl (C=O) groups excluding carboxylic acids is 1. The van der Waals surface area contributed by atoms with E-state index in [1.165, 1.54) is 70.6 Å². The quantitative estimate of drug-likeness (QED) is 0.133. The second-order valence-corrected chi connectivity index (χ2v) is 11.3. The second-order valence-electron chi connectivity index (χ2n) is 10.1. The van der Waals surface area contributed by atoms with Crippen molar-refractivity contribution in [3.8, 4) is 0 Å². The van der Waals surface area contributed by atoms with Crippen LogP contribution in [0.25, 0.3) is 0 Å². The van der Waals surface area contributed by atoms with E-state index in [1.54, 1.807) is 0 Å². The van der Waals surface area contributed by atoms with E-state index in [0.717, 1.165) is 23.9 Å². The van der Waals surface area contributed by atoms with Crippen molar-refractivity contribution in [1.29, 1.82) is 0 Å². The Morgan fingerprint density at radius 3 is 1.75 bits per heavy atom. The standard InChI is InChI=1S/C25H52N2O4P/c1-5-6-7-8-9-10-11-12-13-14-15-16-17-18-25(28)26-19-22-29-32(30-23-20-26)31-24-21-27(2,3)4/h5-24H2,1-4H3/q+1. The molecule has 1 aliphatic rings. The van der Waals surface area contributed by atoms with Crippen LogP contribution in [0.2, 0.25) is 0 Å². The molecule has 0 aromatic rings. The molecule has 0 atom stereocenters. The number of quaternary nitrogens is 1. The zero-order chi connectivity index (χ0) is 23.5. The van der Waals surface area contributed by atoms with Crippen molar-refractivity contribution in [3.05, 3.63) is 0 Å². The van der Waals surface area contributed by atoms with Crippen molar-refractivity contribution < 1.29 is 22.8 Å². The van der Waals surface area contributed by atoms with E-state index in [0.29, 0.717) is 39.3 Å². The summed E-state index contributed by atoms with van der Waals surface area (Å²) in [6, 6.07) is 0. The fraction of sp³-hybridized carbons (Fsp3) is 0.960. The Morgan fingerprint density at radius 1 is 0.812 bits per heavy atom. The van der Waals surface area contributed by atoms with E-state index in [9.17, 15) is 4.79 Å². The first-order valence-corrected chi connectivity index (χ1v) is 14.3. The van der Waals surface area contributed by atoms with Crippen LogP contribution < -0.4 is 0 Å². The first kappa shape index (κ1) is 29.8. The van der Waals surface area contributed by atoms with Crippen LogP contribution in [0, 0.1) is 0 Å². The van der Waals surface area contributed by atoms with Crippen molar-refractivity contribution in [3.63, 3.8) is 0 Å². The third kappa shape index (κ3) is 17.2. The van der Waals surface area contributed by atoms with E-state index < -0.39 is 8.60 Å². The van der Waals surface area contributed by atoms with Crippen LogP contribution in [0.5, 0.6) is 0 Å². The van der Waals surface area contributed by atoms with Gasteiger partial charge in [-0.3, -0.25) is 4.79 Å². The van der Waals surface area contributed by atoms with E-state index in [-0.39, 0.29) is 5.91 Å². The number of unbranched alkanes of at least 4 members (excludes halogenated alkanes) is 12. The lowest BCUT2D eigenvalue weighted by atomic mass is 10.0. The van der Waals surface area contributed by atoms with Crippen molar-refractivity contribution in [2.75, 3.05) is 60.6 Å². The smallest absolute Gasteiger partial charge is 0.332 e. The SMILES string of the molecule is CCCCCCCCCCCCCCCC(=O)N1CCOP(OCC[N+](C)(C)C)OCC1. The molecule has 32 heavy (non-hydrogen) atoms. The zero-order valence-corrected chi connectivity index (χ0v) is 22.5. The van der Waals surface area contributed by atoms with Crippen LogP contribution in [0.15, 0.2) is 0 Å². The number of hydrogen-bond acceptors (Lipinski definition) is 4. The molecule has 0 aromatic heterocycles. The molecular formula is C25H52N2O4P+. The average Bonchev–Trinajstić information content (AvgIpc) is 2.72. The Balaban J connectivity index is 1.97. The Labute approximate surface area is 199 Å². The van der Waals surface area contributed by atoms with Crippen molar-refractivity contribution in [2.45, 2.75) is 96.8 Å². The molecule has 1 aliphatic heterocycles. The van der Waals surface area contributed by atoms with Gasteiger partial charge < -0.3 is 23.0 Å². The molecule has 1 heterocycles. The molecule has 1 amide bonds. The highest BCUT2D eigenvalue weighted by Crippen LogP contribution is 2.40. The van der Waals surface area contributed by atoms with Gasteiger partial charge in [-0.1, -0.05) is 84.0 Å². The monoisotopic (exact) mass is 475 g/mol. The van der Waals surface area contributed by atoms with Crippen molar-refractivity contribution in [2.24, 2.45) is 0 Å². The number of likely N-dealkylation sites (N-methyl/N-ethyl adjacent to an activating group) is 1. The van der Waals surface area contributed by atoms with Gasteiger partial charge in [0.1, 0.15) is 13.2 Å². The molecular weight excluding hydrogens is 423 g/mol. The molecule has 7 heteroatoms. The van der Waals surface area contributed by atoms with E-state index >= 15 is 0 Å². The highest BCUT2D eigenvalue weighted by Gasteiger charge is 2.21. The average molecular weight is 476 g/mol. The second kappa shape index (κ2) is 19.1. The topological polar surface area (TPSA) is 48.0 Å². The van der Waals surface area contributed by atoms with E-state index in [1.807, 2.05) is 4.90 Å². The van der Waals surface area contributed by atoms with Crippen LogP contribution in [-0.4, -0.2) is 75.9 Å². The minimum Gasteiger partial charge on any atom is -0.338 e. The molecule has 0 aliphatic carbocycles. The number of hydrogen-bond donors (Lipinski definition) is 0. The lowest BCUT2D eigenvalue weighted by Crippen LogP contribution is -2.38. The Bertz CT molecular complexity index is 450. The minimum absolute atomic E-state index is 0.234. The number of rotatable bonds is 18. The zero-order valence-electron chi connectivity index (χ0n) is 21.6. The van der Waals surface area contributed by atoms with Gasteiger partial charge >= 0.3 is 8.60 Å². The largest absolute Gasteiger partial charge is 0.338 e. The normalized spacial score (nSPS) is 16.2. The van der Waals surface area contributed by atoms with Gasteiger partial charge in [-0.25, -0.2) is 0 Å². The molecule has 0 radical (unpaired) electrons. The maximum Gasteiger partial charge on any atom is 0.332 e. The fourth-order valence-corrected chi connectivity index (χ4v) is 4.68. The molecule has 0 aromatic carbocycles. The van der Waals surface area contributed by atoms with Crippen LogP contribution in [0.3, 0.4) is 0 Å². The van der Waals surface area contributed by atoms with Gasteiger partial charge in [0.15, 0.2) is 0 Å². The van der Waals surface area contributed by atoms with Gasteiger partial charge in [-0.05, 0) is 6.42 Å². The molecule has 1 rings (SSSR count). The summed E-state index contributed by atoms with van der Waals surface area (Å²) in [7, 11) is 5.13. The molecule has 6 nitrogen and oxygen atoms in total. The summed E-state index contributed by atoms with van der Waals surface area (Å²) in [6.45, 7) is 6.06. The van der Waals surface area contributed by atoms with Gasteiger partial charge in [-0.15, -0.1) is 0 Å². The highest BCUT2D eigenvalue weighted by molar-refractivity contribution is 7.41. The summed E-state index contributed by atoms with van der Waals surface area (Å²) in [5.74, 6) is 0.234. The van der Waals surface area contributed by atoms with Crippen LogP contribution in [-0.2, 0) is 18.4 Å². The number of carbonyl (C=O) groups is 1. The molecule has 0 bridgehead atoms. The van der Waals surface area contributed by atoms with E-state index in [2.05, 4.69) is 28.1 Å². The maximum absolute atomic E-state index is 12.5. The Kier molecular flexibility index (Phi) is 17.8. The van der Waals surface area contributed by atoms with Gasteiger partial charge in [0.2, 0.25) is 5.91 Å². The number of nitrogens with zero attached hydrogens (tertiary/aromatic N) is 2. The van der Waals surface area contributed by atoms with Gasteiger partial charge in [0.25, 0.3) is 0 Å². The van der Waals surface area contributed by atoms with E-state index in [4.69, 9.17) is 13.6 Å². The van der Waals surface area contributed by atoms with Crippen LogP contribution in [0.1, 0.15) is 96.8 Å². The van der Waals surface area contributed by atoms with Crippen molar-refractivity contribution in [1.82, 2.24) is 4.90 Å². The molecule has 1 fully saturated rings. The summed E-state index contributed by atoms with van der Waals surface area (Å²) in [5.41, 5.74) is 0. The molecule has 0 N–H and O–H groups in total. The summed E-state index contributed by atoms with van der Waals surface area (Å²) in [5, 5.41) is 0. The molecule has 1 saturated heterocycles. The lowest BCUT2D eigenvalue weighted by Gasteiger charge is -2.28.